The average molecular weight is 481 g/mol. The molecule has 0 spiro atoms. The minimum atomic E-state index is -0.174. The molecule has 1 atom stereocenters. The molecular weight excluding hydrogens is 456 g/mol. The quantitative estimate of drug-likeness (QED) is 0.356. The molecule has 0 aliphatic rings. The number of unbranched alkanes of at least 4 members (excludes halogenated alkanes) is 1. The van der Waals surface area contributed by atoms with Crippen molar-refractivity contribution in [2.24, 2.45) is 0 Å². The van der Waals surface area contributed by atoms with Crippen LogP contribution in [0.5, 0.6) is 0 Å². The Balaban J connectivity index is 1.62. The van der Waals surface area contributed by atoms with Gasteiger partial charge in [-0.2, -0.15) is 0 Å². The van der Waals surface area contributed by atoms with Crippen LogP contribution < -0.4 is 11.1 Å². The lowest BCUT2D eigenvalue weighted by Crippen LogP contribution is -2.23. The number of H-pyrrole nitrogens is 1. The lowest BCUT2D eigenvalue weighted by Gasteiger charge is -2.12. The van der Waals surface area contributed by atoms with Crippen molar-refractivity contribution in [3.05, 3.63) is 61.2 Å². The molecule has 1 unspecified atom stereocenters. The van der Waals surface area contributed by atoms with Crippen LogP contribution in [0.4, 0.5) is 0 Å². The van der Waals surface area contributed by atoms with Crippen LogP contribution >= 0.6 is 23.1 Å². The number of aromatic nitrogens is 6. The van der Waals surface area contributed by atoms with Gasteiger partial charge in [0.1, 0.15) is 10.7 Å². The summed E-state index contributed by atoms with van der Waals surface area (Å²) in [6.07, 6.45) is 1.85. The number of thioether (sulfide) groups is 1. The SMILES string of the molecule is CCCCn1c(=O)c2ccccc2n2c(SC(C)c3nc4sc(C)c(C)c4c(=O)[nH]3)nnc12. The fraction of sp³-hybridized carbons (Fsp3) is 0.348. The molecule has 1 aromatic carbocycles. The normalized spacial score (nSPS) is 12.8. The van der Waals surface area contributed by atoms with Crippen molar-refractivity contribution >= 4 is 50.0 Å². The van der Waals surface area contributed by atoms with E-state index < -0.39 is 0 Å². The molecule has 4 heterocycles. The van der Waals surface area contributed by atoms with Crippen molar-refractivity contribution in [2.75, 3.05) is 0 Å². The van der Waals surface area contributed by atoms with E-state index in [9.17, 15) is 9.59 Å². The van der Waals surface area contributed by atoms with Crippen LogP contribution in [-0.2, 0) is 6.54 Å². The van der Waals surface area contributed by atoms with Gasteiger partial charge in [0.05, 0.1) is 21.5 Å². The van der Waals surface area contributed by atoms with Crippen LogP contribution in [0.15, 0.2) is 39.0 Å². The highest BCUT2D eigenvalue weighted by molar-refractivity contribution is 7.99. The summed E-state index contributed by atoms with van der Waals surface area (Å²) < 4.78 is 3.64. The maximum atomic E-state index is 13.1. The number of fused-ring (bicyclic) bond motifs is 4. The first kappa shape index (κ1) is 21.8. The number of thiophene rings is 1. The maximum Gasteiger partial charge on any atom is 0.262 e. The fourth-order valence-electron chi connectivity index (χ4n) is 4.01. The molecule has 5 rings (SSSR count). The van der Waals surface area contributed by atoms with E-state index in [0.717, 1.165) is 33.6 Å². The summed E-state index contributed by atoms with van der Waals surface area (Å²) in [5.74, 6) is 1.13. The number of hydrogen-bond acceptors (Lipinski definition) is 7. The van der Waals surface area contributed by atoms with Crippen LogP contribution in [0.25, 0.3) is 26.9 Å². The van der Waals surface area contributed by atoms with Crippen molar-refractivity contribution < 1.29 is 0 Å². The summed E-state index contributed by atoms with van der Waals surface area (Å²) in [5.41, 5.74) is 1.58. The van der Waals surface area contributed by atoms with E-state index in [-0.39, 0.29) is 16.4 Å². The number of nitrogens with zero attached hydrogens (tertiary/aromatic N) is 5. The topological polar surface area (TPSA) is 97.9 Å². The summed E-state index contributed by atoms with van der Waals surface area (Å²) >= 11 is 3.00. The van der Waals surface area contributed by atoms with Crippen LogP contribution in [0.1, 0.15) is 48.2 Å². The van der Waals surface area contributed by atoms with Gasteiger partial charge >= 0.3 is 0 Å². The maximum absolute atomic E-state index is 13.1. The number of para-hydroxylation sites is 1. The van der Waals surface area contributed by atoms with Gasteiger partial charge in [-0.1, -0.05) is 37.2 Å². The van der Waals surface area contributed by atoms with Crippen molar-refractivity contribution in [3.8, 4) is 0 Å². The first-order chi connectivity index (χ1) is 15.9. The lowest BCUT2D eigenvalue weighted by molar-refractivity contribution is 0.620. The van der Waals surface area contributed by atoms with Crippen LogP contribution in [-0.4, -0.2) is 29.1 Å². The smallest absolute Gasteiger partial charge is 0.262 e. The molecule has 0 saturated carbocycles. The van der Waals surface area contributed by atoms with Gasteiger partial charge in [-0.25, -0.2) is 4.98 Å². The van der Waals surface area contributed by atoms with Crippen molar-refractivity contribution in [2.45, 2.75) is 57.5 Å². The Labute approximate surface area is 197 Å². The highest BCUT2D eigenvalue weighted by Gasteiger charge is 2.21. The highest BCUT2D eigenvalue weighted by atomic mass is 32.2. The Morgan fingerprint density at radius 1 is 1.18 bits per heavy atom. The minimum absolute atomic E-state index is 0.0524. The molecule has 170 valence electrons. The van der Waals surface area contributed by atoms with Crippen LogP contribution in [0, 0.1) is 13.8 Å². The number of nitrogens with one attached hydrogen (secondary N) is 1. The molecule has 5 aromatic rings. The summed E-state index contributed by atoms with van der Waals surface area (Å²) in [4.78, 5) is 35.4. The minimum Gasteiger partial charge on any atom is -0.309 e. The zero-order valence-electron chi connectivity index (χ0n) is 18.9. The Bertz CT molecular complexity index is 1630. The van der Waals surface area contributed by atoms with Crippen molar-refractivity contribution in [1.82, 2.24) is 29.1 Å². The van der Waals surface area contributed by atoms with E-state index >= 15 is 0 Å². The molecule has 4 aromatic heterocycles. The summed E-state index contributed by atoms with van der Waals surface area (Å²) in [5, 5.41) is 10.6. The standard InChI is InChI=1S/C23H24N6O2S2/c1-5-6-11-28-21(31)15-9-7-8-10-16(15)29-22(28)26-27-23(29)33-14(4)18-24-19(30)17-12(2)13(3)32-20(17)25-18/h7-10,14H,5-6,11H2,1-4H3,(H,24,25,30). The Morgan fingerprint density at radius 2 is 1.97 bits per heavy atom. The molecule has 0 radical (unpaired) electrons. The number of rotatable bonds is 6. The Morgan fingerprint density at radius 3 is 2.76 bits per heavy atom. The van der Waals surface area contributed by atoms with Crippen molar-refractivity contribution in [1.29, 1.82) is 0 Å². The summed E-state index contributed by atoms with van der Waals surface area (Å²) in [6.45, 7) is 8.62. The molecule has 10 heteroatoms. The van der Waals surface area contributed by atoms with E-state index in [2.05, 4.69) is 22.1 Å². The van der Waals surface area contributed by atoms with Crippen LogP contribution in [0.2, 0.25) is 0 Å². The van der Waals surface area contributed by atoms with E-state index in [1.165, 1.54) is 23.1 Å². The second-order valence-corrected chi connectivity index (χ2v) is 10.6. The molecule has 0 bridgehead atoms. The van der Waals surface area contributed by atoms with E-state index in [1.54, 1.807) is 4.57 Å². The van der Waals surface area contributed by atoms with Gasteiger partial charge in [0.2, 0.25) is 5.78 Å². The monoisotopic (exact) mass is 480 g/mol. The number of benzene rings is 1. The first-order valence-electron chi connectivity index (χ1n) is 10.9. The van der Waals surface area contributed by atoms with Gasteiger partial charge < -0.3 is 4.98 Å². The van der Waals surface area contributed by atoms with E-state index in [4.69, 9.17) is 4.98 Å². The molecule has 0 amide bonds. The predicted octanol–water partition coefficient (Wildman–Crippen LogP) is 4.61. The lowest BCUT2D eigenvalue weighted by atomic mass is 10.2. The number of hydrogen-bond donors (Lipinski definition) is 1. The Hall–Kier alpha value is -2.98. The zero-order valence-corrected chi connectivity index (χ0v) is 20.5. The highest BCUT2D eigenvalue weighted by Crippen LogP contribution is 2.34. The van der Waals surface area contributed by atoms with Gasteiger partial charge in [0, 0.05) is 11.4 Å². The molecule has 0 aliphatic carbocycles. The summed E-state index contributed by atoms with van der Waals surface area (Å²) in [6, 6.07) is 7.53. The van der Waals surface area contributed by atoms with Crippen LogP contribution in [0.3, 0.4) is 0 Å². The fourth-order valence-corrected chi connectivity index (χ4v) is 5.96. The molecule has 0 aliphatic heterocycles. The molecule has 8 nitrogen and oxygen atoms in total. The largest absolute Gasteiger partial charge is 0.309 e. The molecular formula is C23H24N6O2S2. The molecule has 33 heavy (non-hydrogen) atoms. The molecule has 1 N–H and O–H groups in total. The molecule has 0 fully saturated rings. The third-order valence-electron chi connectivity index (χ3n) is 5.94. The van der Waals surface area contributed by atoms with Gasteiger partial charge in [-0.15, -0.1) is 21.5 Å². The van der Waals surface area contributed by atoms with E-state index in [0.29, 0.717) is 34.1 Å². The van der Waals surface area contributed by atoms with Gasteiger partial charge in [0.25, 0.3) is 11.1 Å². The second kappa shape index (κ2) is 8.42. The Kier molecular flexibility index (Phi) is 5.57. The third kappa shape index (κ3) is 3.57. The first-order valence-corrected chi connectivity index (χ1v) is 12.6. The third-order valence-corrected chi connectivity index (χ3v) is 8.09. The zero-order chi connectivity index (χ0) is 23.3. The van der Waals surface area contributed by atoms with Gasteiger partial charge in [0.15, 0.2) is 5.16 Å². The summed E-state index contributed by atoms with van der Waals surface area (Å²) in [7, 11) is 0. The van der Waals surface area contributed by atoms with Gasteiger partial charge in [-0.05, 0) is 44.9 Å². The molecule has 0 saturated heterocycles. The second-order valence-electron chi connectivity index (χ2n) is 8.12. The number of aromatic amines is 1. The van der Waals surface area contributed by atoms with Crippen molar-refractivity contribution in [3.63, 3.8) is 0 Å². The average Bonchev–Trinajstić information content (AvgIpc) is 3.34. The predicted molar refractivity (Wildman–Crippen MR) is 134 cm³/mol. The van der Waals surface area contributed by atoms with E-state index in [1.807, 2.05) is 49.4 Å². The number of aryl methyl sites for hydroxylation is 3. The van der Waals surface area contributed by atoms with Gasteiger partial charge in [-0.3, -0.25) is 18.6 Å².